The molecule has 0 aromatic heterocycles. The van der Waals surface area contributed by atoms with E-state index in [2.05, 4.69) is 5.32 Å². The van der Waals surface area contributed by atoms with E-state index in [9.17, 15) is 18.0 Å². The summed E-state index contributed by atoms with van der Waals surface area (Å²) in [5, 5.41) is 3.31. The largest absolute Gasteiger partial charge is 0.389 e. The molecule has 1 aliphatic heterocycles. The zero-order valence-corrected chi connectivity index (χ0v) is 11.9. The highest BCUT2D eigenvalue weighted by atomic mass is 19.4. The van der Waals surface area contributed by atoms with Gasteiger partial charge in [0.15, 0.2) is 0 Å². The Morgan fingerprint density at radius 3 is 2.50 bits per heavy atom. The van der Waals surface area contributed by atoms with Gasteiger partial charge in [0, 0.05) is 13.0 Å². The summed E-state index contributed by atoms with van der Waals surface area (Å²) in [7, 11) is 0. The molecule has 2 unspecified atom stereocenters. The highest BCUT2D eigenvalue weighted by Crippen LogP contribution is 2.32. The predicted molar refractivity (Wildman–Crippen MR) is 70.0 cm³/mol. The zero-order chi connectivity index (χ0) is 14.8. The average molecular weight is 292 g/mol. The number of carbonyl (C=O) groups is 1. The summed E-state index contributed by atoms with van der Waals surface area (Å²) in [6, 6.07) is -0.205. The lowest BCUT2D eigenvalue weighted by molar-refractivity contribution is -0.136. The van der Waals surface area contributed by atoms with Gasteiger partial charge in [-0.15, -0.1) is 0 Å². The molecule has 1 amide bonds. The first-order valence-electron chi connectivity index (χ1n) is 7.52. The molecule has 1 N–H and O–H groups in total. The van der Waals surface area contributed by atoms with Crippen LogP contribution in [0.1, 0.15) is 51.9 Å². The van der Waals surface area contributed by atoms with Crippen LogP contribution in [0.4, 0.5) is 13.2 Å². The van der Waals surface area contributed by atoms with Crippen molar-refractivity contribution in [2.75, 3.05) is 6.54 Å². The lowest BCUT2D eigenvalue weighted by Crippen LogP contribution is -2.43. The van der Waals surface area contributed by atoms with Crippen LogP contribution in [0.2, 0.25) is 0 Å². The van der Waals surface area contributed by atoms with Crippen LogP contribution in [0.5, 0.6) is 0 Å². The second kappa shape index (κ2) is 6.33. The van der Waals surface area contributed by atoms with Crippen LogP contribution in [0.15, 0.2) is 0 Å². The maximum Gasteiger partial charge on any atom is 0.389 e. The van der Waals surface area contributed by atoms with Gasteiger partial charge < -0.3 is 4.90 Å². The van der Waals surface area contributed by atoms with Gasteiger partial charge in [-0.25, -0.2) is 0 Å². The minimum atomic E-state index is -4.09. The van der Waals surface area contributed by atoms with Crippen LogP contribution >= 0.6 is 0 Å². The van der Waals surface area contributed by atoms with Gasteiger partial charge in [-0.3, -0.25) is 10.1 Å². The first kappa shape index (κ1) is 15.6. The summed E-state index contributed by atoms with van der Waals surface area (Å²) in [4.78, 5) is 13.9. The van der Waals surface area contributed by atoms with E-state index in [1.54, 1.807) is 4.90 Å². The van der Waals surface area contributed by atoms with Gasteiger partial charge in [-0.2, -0.15) is 13.2 Å². The van der Waals surface area contributed by atoms with Crippen LogP contribution in [-0.2, 0) is 4.79 Å². The van der Waals surface area contributed by atoms with Gasteiger partial charge in [0.25, 0.3) is 0 Å². The van der Waals surface area contributed by atoms with Gasteiger partial charge in [0.2, 0.25) is 5.91 Å². The molecule has 1 saturated carbocycles. The van der Waals surface area contributed by atoms with Crippen LogP contribution in [0, 0.1) is 5.92 Å². The molecule has 0 radical (unpaired) electrons. The number of unbranched alkanes of at least 4 members (excludes halogenated alkanes) is 1. The van der Waals surface area contributed by atoms with E-state index in [-0.39, 0.29) is 24.5 Å². The standard InChI is InChI=1S/C14H23F3N2O/c1-10-13(20)19(9-5-4-8-14(15,16)17)12(18-10)11-6-2-3-7-11/h10-12,18H,2-9H2,1H3. The first-order valence-corrected chi connectivity index (χ1v) is 7.52. The minimum absolute atomic E-state index is 0.0332. The highest BCUT2D eigenvalue weighted by Gasteiger charge is 2.40. The molecule has 0 aromatic rings. The van der Waals surface area contributed by atoms with Crippen LogP contribution in [-0.4, -0.2) is 35.7 Å². The van der Waals surface area contributed by atoms with Gasteiger partial charge in [-0.1, -0.05) is 12.8 Å². The predicted octanol–water partition coefficient (Wildman–Crippen LogP) is 3.06. The molecular weight excluding hydrogens is 269 g/mol. The third kappa shape index (κ3) is 3.87. The molecule has 1 heterocycles. The number of rotatable bonds is 5. The Labute approximate surface area is 117 Å². The van der Waals surface area contributed by atoms with Crippen LogP contribution in [0.25, 0.3) is 0 Å². The normalized spacial score (nSPS) is 28.6. The average Bonchev–Trinajstić information content (AvgIpc) is 2.95. The number of amides is 1. The van der Waals surface area contributed by atoms with Crippen LogP contribution < -0.4 is 5.32 Å². The molecule has 2 fully saturated rings. The smallest absolute Gasteiger partial charge is 0.326 e. The number of carbonyl (C=O) groups excluding carboxylic acids is 1. The molecule has 2 aliphatic rings. The van der Waals surface area contributed by atoms with Gasteiger partial charge in [0.1, 0.15) is 0 Å². The fourth-order valence-corrected chi connectivity index (χ4v) is 3.32. The quantitative estimate of drug-likeness (QED) is 0.790. The Bertz CT molecular complexity index is 340. The summed E-state index contributed by atoms with van der Waals surface area (Å²) in [6.45, 7) is 2.27. The molecule has 0 aromatic carbocycles. The third-order valence-corrected chi connectivity index (χ3v) is 4.37. The lowest BCUT2D eigenvalue weighted by atomic mass is 10.0. The van der Waals surface area contributed by atoms with E-state index in [0.29, 0.717) is 18.9 Å². The van der Waals surface area contributed by atoms with Crippen molar-refractivity contribution < 1.29 is 18.0 Å². The Morgan fingerprint density at radius 2 is 1.90 bits per heavy atom. The molecule has 1 saturated heterocycles. The fourth-order valence-electron chi connectivity index (χ4n) is 3.32. The van der Waals surface area contributed by atoms with E-state index in [1.165, 1.54) is 12.8 Å². The maximum atomic E-state index is 12.1. The zero-order valence-electron chi connectivity index (χ0n) is 11.9. The van der Waals surface area contributed by atoms with Crippen molar-refractivity contribution >= 4 is 5.91 Å². The molecule has 20 heavy (non-hydrogen) atoms. The minimum Gasteiger partial charge on any atom is -0.326 e. The topological polar surface area (TPSA) is 32.3 Å². The lowest BCUT2D eigenvalue weighted by Gasteiger charge is -2.29. The van der Waals surface area contributed by atoms with Gasteiger partial charge in [-0.05, 0) is 38.5 Å². The SMILES string of the molecule is CC1NC(C2CCCC2)N(CCCCC(F)(F)F)C1=O. The van der Waals surface area contributed by atoms with E-state index >= 15 is 0 Å². The summed E-state index contributed by atoms with van der Waals surface area (Å²) >= 11 is 0. The molecule has 3 nitrogen and oxygen atoms in total. The number of alkyl halides is 3. The van der Waals surface area contributed by atoms with E-state index in [0.717, 1.165) is 12.8 Å². The molecule has 2 rings (SSSR count). The molecule has 0 spiro atoms. The number of nitrogens with one attached hydrogen (secondary N) is 1. The monoisotopic (exact) mass is 292 g/mol. The summed E-state index contributed by atoms with van der Waals surface area (Å²) in [5.74, 6) is 0.500. The first-order chi connectivity index (χ1) is 9.38. The molecule has 116 valence electrons. The van der Waals surface area contributed by atoms with E-state index < -0.39 is 12.6 Å². The number of hydrogen-bond donors (Lipinski definition) is 1. The Morgan fingerprint density at radius 1 is 1.25 bits per heavy atom. The molecule has 1 aliphatic carbocycles. The van der Waals surface area contributed by atoms with Crippen molar-refractivity contribution in [1.82, 2.24) is 10.2 Å². The Kier molecular flexibility index (Phi) is 4.94. The molecule has 2 atom stereocenters. The number of hydrogen-bond acceptors (Lipinski definition) is 2. The van der Waals surface area contributed by atoms with Crippen molar-refractivity contribution in [1.29, 1.82) is 0 Å². The van der Waals surface area contributed by atoms with Crippen molar-refractivity contribution in [2.45, 2.75) is 70.3 Å². The summed E-state index contributed by atoms with van der Waals surface area (Å²) < 4.78 is 36.4. The van der Waals surface area contributed by atoms with Crippen molar-refractivity contribution in [2.24, 2.45) is 5.92 Å². The summed E-state index contributed by atoms with van der Waals surface area (Å²) in [5.41, 5.74) is 0. The van der Waals surface area contributed by atoms with Gasteiger partial charge >= 0.3 is 6.18 Å². The Hall–Kier alpha value is -0.780. The maximum absolute atomic E-state index is 12.1. The second-order valence-corrected chi connectivity index (χ2v) is 5.98. The molecular formula is C14H23F3N2O. The molecule has 6 heteroatoms. The Balaban J connectivity index is 1.84. The summed E-state index contributed by atoms with van der Waals surface area (Å²) in [6.07, 6.45) is 0.291. The number of nitrogens with zero attached hydrogens (tertiary/aromatic N) is 1. The number of halogens is 3. The van der Waals surface area contributed by atoms with Gasteiger partial charge in [0.05, 0.1) is 12.2 Å². The third-order valence-electron chi connectivity index (χ3n) is 4.37. The highest BCUT2D eigenvalue weighted by molar-refractivity contribution is 5.83. The molecule has 0 bridgehead atoms. The van der Waals surface area contributed by atoms with Crippen molar-refractivity contribution in [3.63, 3.8) is 0 Å². The van der Waals surface area contributed by atoms with Crippen molar-refractivity contribution in [3.8, 4) is 0 Å². The van der Waals surface area contributed by atoms with Crippen molar-refractivity contribution in [3.05, 3.63) is 0 Å². The second-order valence-electron chi connectivity index (χ2n) is 5.98. The van der Waals surface area contributed by atoms with E-state index in [1.807, 2.05) is 6.92 Å². The fraction of sp³-hybridized carbons (Fsp3) is 0.929. The van der Waals surface area contributed by atoms with Crippen LogP contribution in [0.3, 0.4) is 0 Å². The van der Waals surface area contributed by atoms with E-state index in [4.69, 9.17) is 0 Å².